The van der Waals surface area contributed by atoms with Gasteiger partial charge in [0.05, 0.1) is 27.4 Å². The van der Waals surface area contributed by atoms with E-state index in [4.69, 9.17) is 14.2 Å². The van der Waals surface area contributed by atoms with E-state index in [-0.39, 0.29) is 11.9 Å². The summed E-state index contributed by atoms with van der Waals surface area (Å²) < 4.78 is 18.4. The molecule has 6 heteroatoms. The minimum absolute atomic E-state index is 0.0573. The molecule has 0 bridgehead atoms. The Hall–Kier alpha value is -3.67. The lowest BCUT2D eigenvalue weighted by molar-refractivity contribution is -0.128. The molecule has 0 saturated heterocycles. The number of hydrogen-bond acceptors (Lipinski definition) is 4. The Labute approximate surface area is 182 Å². The van der Waals surface area contributed by atoms with Crippen LogP contribution in [0.3, 0.4) is 0 Å². The van der Waals surface area contributed by atoms with Gasteiger partial charge in [0.25, 0.3) is 0 Å². The average molecular weight is 418 g/mol. The fourth-order valence-electron chi connectivity index (χ4n) is 4.05. The first-order chi connectivity index (χ1) is 15.2. The SMILES string of the molecule is COc1cc(OC)c(OC)cc1/C=C/C(=O)N1CCn2cccc2C1c1ccccc1. The number of ether oxygens (including phenoxy) is 3. The number of carbonyl (C=O) groups excluding carboxylic acids is 1. The summed E-state index contributed by atoms with van der Waals surface area (Å²) in [5.41, 5.74) is 2.95. The van der Waals surface area contributed by atoms with Crippen molar-refractivity contribution in [3.05, 3.63) is 83.7 Å². The van der Waals surface area contributed by atoms with Gasteiger partial charge in [0.15, 0.2) is 11.5 Å². The molecule has 6 nitrogen and oxygen atoms in total. The molecule has 0 spiro atoms. The second-order valence-electron chi connectivity index (χ2n) is 7.25. The van der Waals surface area contributed by atoms with Crippen LogP contribution in [0.2, 0.25) is 0 Å². The molecule has 3 aromatic rings. The molecular formula is C25H26N2O4. The molecule has 1 atom stereocenters. The lowest BCUT2D eigenvalue weighted by atomic mass is 9.99. The van der Waals surface area contributed by atoms with Crippen LogP contribution in [-0.4, -0.2) is 43.2 Å². The maximum absolute atomic E-state index is 13.3. The molecule has 1 amide bonds. The van der Waals surface area contributed by atoms with Crippen molar-refractivity contribution >= 4 is 12.0 Å². The highest BCUT2D eigenvalue weighted by Crippen LogP contribution is 2.36. The predicted octanol–water partition coefficient (Wildman–Crippen LogP) is 4.16. The third kappa shape index (κ3) is 4.01. The van der Waals surface area contributed by atoms with E-state index in [1.54, 1.807) is 45.6 Å². The minimum atomic E-state index is -0.130. The molecule has 2 heterocycles. The zero-order valence-electron chi connectivity index (χ0n) is 17.9. The highest BCUT2D eigenvalue weighted by atomic mass is 16.5. The molecule has 160 valence electrons. The Balaban J connectivity index is 1.66. The maximum Gasteiger partial charge on any atom is 0.247 e. The molecule has 4 rings (SSSR count). The molecule has 1 aliphatic rings. The molecule has 2 aromatic carbocycles. The first-order valence-electron chi connectivity index (χ1n) is 10.1. The van der Waals surface area contributed by atoms with Crippen molar-refractivity contribution in [1.29, 1.82) is 0 Å². The second kappa shape index (κ2) is 9.00. The summed E-state index contributed by atoms with van der Waals surface area (Å²) >= 11 is 0. The number of rotatable bonds is 6. The summed E-state index contributed by atoms with van der Waals surface area (Å²) in [5, 5.41) is 0. The van der Waals surface area contributed by atoms with Gasteiger partial charge in [-0.3, -0.25) is 4.79 Å². The van der Waals surface area contributed by atoms with Crippen LogP contribution in [0.15, 0.2) is 66.9 Å². The Bertz CT molecular complexity index is 1090. The van der Waals surface area contributed by atoms with Crippen LogP contribution in [0.4, 0.5) is 0 Å². The molecule has 0 aliphatic carbocycles. The summed E-state index contributed by atoms with van der Waals surface area (Å²) in [6.45, 7) is 1.40. The highest BCUT2D eigenvalue weighted by Gasteiger charge is 2.31. The monoisotopic (exact) mass is 418 g/mol. The molecule has 1 aliphatic heterocycles. The zero-order chi connectivity index (χ0) is 21.8. The summed E-state index contributed by atoms with van der Waals surface area (Å²) in [5.74, 6) is 1.70. The van der Waals surface area contributed by atoms with Gasteiger partial charge in [-0.05, 0) is 29.8 Å². The Morgan fingerprint density at radius 1 is 0.903 bits per heavy atom. The Morgan fingerprint density at radius 2 is 1.61 bits per heavy atom. The molecule has 1 unspecified atom stereocenters. The number of nitrogens with zero attached hydrogens (tertiary/aromatic N) is 2. The van der Waals surface area contributed by atoms with Crippen LogP contribution in [0.1, 0.15) is 22.9 Å². The quantitative estimate of drug-likeness (QED) is 0.564. The van der Waals surface area contributed by atoms with E-state index in [9.17, 15) is 4.79 Å². The van der Waals surface area contributed by atoms with E-state index in [0.29, 0.717) is 23.8 Å². The van der Waals surface area contributed by atoms with E-state index in [2.05, 4.69) is 29.0 Å². The van der Waals surface area contributed by atoms with Crippen molar-refractivity contribution in [2.45, 2.75) is 12.6 Å². The maximum atomic E-state index is 13.3. The van der Waals surface area contributed by atoms with Gasteiger partial charge < -0.3 is 23.7 Å². The summed E-state index contributed by atoms with van der Waals surface area (Å²) in [7, 11) is 4.74. The van der Waals surface area contributed by atoms with Crippen LogP contribution in [0, 0.1) is 0 Å². The minimum Gasteiger partial charge on any atom is -0.496 e. The van der Waals surface area contributed by atoms with E-state index in [1.165, 1.54) is 0 Å². The topological polar surface area (TPSA) is 52.9 Å². The number of benzene rings is 2. The molecule has 0 fully saturated rings. The van der Waals surface area contributed by atoms with Crippen LogP contribution in [0.5, 0.6) is 17.2 Å². The van der Waals surface area contributed by atoms with E-state index in [1.807, 2.05) is 29.2 Å². The molecule has 0 N–H and O–H groups in total. The lowest BCUT2D eigenvalue weighted by Crippen LogP contribution is -2.41. The van der Waals surface area contributed by atoms with Crippen LogP contribution < -0.4 is 14.2 Å². The van der Waals surface area contributed by atoms with Crippen molar-refractivity contribution in [1.82, 2.24) is 9.47 Å². The van der Waals surface area contributed by atoms with Gasteiger partial charge in [-0.2, -0.15) is 0 Å². The third-order valence-corrected chi connectivity index (χ3v) is 5.58. The van der Waals surface area contributed by atoms with E-state index >= 15 is 0 Å². The number of aromatic nitrogens is 1. The second-order valence-corrected chi connectivity index (χ2v) is 7.25. The fourth-order valence-corrected chi connectivity index (χ4v) is 4.05. The van der Waals surface area contributed by atoms with Gasteiger partial charge in [-0.15, -0.1) is 0 Å². The van der Waals surface area contributed by atoms with Gasteiger partial charge in [0.2, 0.25) is 5.91 Å². The van der Waals surface area contributed by atoms with Crippen molar-refractivity contribution in [3.63, 3.8) is 0 Å². The van der Waals surface area contributed by atoms with Crippen molar-refractivity contribution in [2.75, 3.05) is 27.9 Å². The number of fused-ring (bicyclic) bond motifs is 1. The zero-order valence-corrected chi connectivity index (χ0v) is 17.9. The van der Waals surface area contributed by atoms with Gasteiger partial charge in [0, 0.05) is 42.7 Å². The van der Waals surface area contributed by atoms with Crippen LogP contribution in [-0.2, 0) is 11.3 Å². The van der Waals surface area contributed by atoms with Gasteiger partial charge in [-0.25, -0.2) is 0 Å². The molecule has 31 heavy (non-hydrogen) atoms. The molecule has 0 saturated carbocycles. The third-order valence-electron chi connectivity index (χ3n) is 5.58. The largest absolute Gasteiger partial charge is 0.496 e. The summed E-state index contributed by atoms with van der Waals surface area (Å²) in [4.78, 5) is 15.2. The number of amides is 1. The normalized spacial score (nSPS) is 15.6. The summed E-state index contributed by atoms with van der Waals surface area (Å²) in [6.07, 6.45) is 5.43. The fraction of sp³-hybridized carbons (Fsp3) is 0.240. The predicted molar refractivity (Wildman–Crippen MR) is 120 cm³/mol. The average Bonchev–Trinajstić information content (AvgIpc) is 3.30. The first kappa shape index (κ1) is 20.6. The Morgan fingerprint density at radius 3 is 2.32 bits per heavy atom. The molecular weight excluding hydrogens is 392 g/mol. The molecule has 1 aromatic heterocycles. The van der Waals surface area contributed by atoms with Gasteiger partial charge in [0.1, 0.15) is 5.75 Å². The standard InChI is InChI=1S/C25H26N2O4/c1-29-21-17-23(31-3)22(30-2)16-19(21)11-12-24(28)27-15-14-26-13-7-10-20(26)25(27)18-8-5-4-6-9-18/h4-13,16-17,25H,14-15H2,1-3H3/b12-11+. The van der Waals surface area contributed by atoms with E-state index < -0.39 is 0 Å². The van der Waals surface area contributed by atoms with Crippen molar-refractivity contribution < 1.29 is 19.0 Å². The smallest absolute Gasteiger partial charge is 0.247 e. The Kier molecular flexibility index (Phi) is 5.98. The van der Waals surface area contributed by atoms with Gasteiger partial charge in [-0.1, -0.05) is 30.3 Å². The number of carbonyl (C=O) groups is 1. The lowest BCUT2D eigenvalue weighted by Gasteiger charge is -2.36. The highest BCUT2D eigenvalue weighted by molar-refractivity contribution is 5.93. The van der Waals surface area contributed by atoms with Crippen molar-refractivity contribution in [2.24, 2.45) is 0 Å². The van der Waals surface area contributed by atoms with Gasteiger partial charge >= 0.3 is 0 Å². The number of hydrogen-bond donors (Lipinski definition) is 0. The molecule has 0 radical (unpaired) electrons. The van der Waals surface area contributed by atoms with E-state index in [0.717, 1.165) is 23.4 Å². The van der Waals surface area contributed by atoms with Crippen LogP contribution >= 0.6 is 0 Å². The van der Waals surface area contributed by atoms with Crippen LogP contribution in [0.25, 0.3) is 6.08 Å². The first-order valence-corrected chi connectivity index (χ1v) is 10.1. The van der Waals surface area contributed by atoms with Crippen molar-refractivity contribution in [3.8, 4) is 17.2 Å². The number of methoxy groups -OCH3 is 3. The summed E-state index contributed by atoms with van der Waals surface area (Å²) in [6, 6.07) is 17.7.